The number of nitrogens with zero attached hydrogens (tertiary/aromatic N) is 1. The molecule has 11 heteroatoms. The number of anilines is 2. The van der Waals surface area contributed by atoms with E-state index in [1.54, 1.807) is 25.1 Å². The van der Waals surface area contributed by atoms with E-state index in [1.165, 1.54) is 55.5 Å². The van der Waals surface area contributed by atoms with Gasteiger partial charge in [-0.15, -0.1) is 0 Å². The second-order valence-electron chi connectivity index (χ2n) is 7.49. The quantitative estimate of drug-likeness (QED) is 0.208. The summed E-state index contributed by atoms with van der Waals surface area (Å²) in [5, 5.41) is 15.0. The number of benzene rings is 3. The van der Waals surface area contributed by atoms with E-state index in [0.29, 0.717) is 22.0 Å². The van der Waals surface area contributed by atoms with Crippen molar-refractivity contribution in [1.82, 2.24) is 0 Å². The van der Waals surface area contributed by atoms with Crippen molar-refractivity contribution in [2.24, 2.45) is 0 Å². The van der Waals surface area contributed by atoms with E-state index < -0.39 is 16.0 Å². The minimum Gasteiger partial charge on any atom is -0.378 e. The summed E-state index contributed by atoms with van der Waals surface area (Å²) >= 11 is 9.41. The van der Waals surface area contributed by atoms with Gasteiger partial charge in [0.15, 0.2) is 5.75 Å². The lowest BCUT2D eigenvalue weighted by Crippen LogP contribution is -2.14. The predicted octanol–water partition coefficient (Wildman–Crippen LogP) is 5.68. The molecule has 0 aliphatic carbocycles. The van der Waals surface area contributed by atoms with E-state index in [2.05, 4.69) is 26.6 Å². The molecule has 8 nitrogen and oxygen atoms in total. The summed E-state index contributed by atoms with van der Waals surface area (Å²) in [7, 11) is -4.16. The Hall–Kier alpha value is -3.65. The second-order valence-corrected chi connectivity index (χ2v) is 10.3. The Morgan fingerprint density at radius 1 is 1.08 bits per heavy atom. The fraction of sp³-hybridized carbons (Fsp3) is 0.0800. The van der Waals surface area contributed by atoms with Crippen molar-refractivity contribution in [3.05, 3.63) is 86.9 Å². The number of para-hydroxylation sites is 1. The maximum atomic E-state index is 12.7. The lowest BCUT2D eigenvalue weighted by Gasteiger charge is -2.11. The Bertz CT molecular complexity index is 1490. The third-order valence-corrected chi connectivity index (χ3v) is 6.94. The highest BCUT2D eigenvalue weighted by molar-refractivity contribution is 9.10. The van der Waals surface area contributed by atoms with Crippen LogP contribution in [0.5, 0.6) is 5.75 Å². The Morgan fingerprint density at radius 2 is 1.78 bits per heavy atom. The number of hydrogen-bond donors (Lipinski definition) is 2. The topological polar surface area (TPSA) is 125 Å². The molecule has 3 aromatic rings. The SMILES string of the molecule is CC(=O)Nc1ccc(S(=O)(=O)Oc2ccc(/C=C(\C#N)C(=O)Nc3c(C)cccc3Cl)cc2Br)cc1. The van der Waals surface area contributed by atoms with Gasteiger partial charge in [-0.2, -0.15) is 13.7 Å². The molecule has 0 unspecified atom stereocenters. The molecule has 0 aliphatic rings. The summed E-state index contributed by atoms with van der Waals surface area (Å²) < 4.78 is 30.9. The van der Waals surface area contributed by atoms with Crippen LogP contribution < -0.4 is 14.8 Å². The predicted molar refractivity (Wildman–Crippen MR) is 141 cm³/mol. The Kier molecular flexibility index (Phi) is 8.53. The molecule has 0 heterocycles. The number of hydrogen-bond acceptors (Lipinski definition) is 6. The normalized spacial score (nSPS) is 11.4. The second kappa shape index (κ2) is 11.4. The van der Waals surface area contributed by atoms with Crippen LogP contribution in [0.1, 0.15) is 18.1 Å². The molecule has 3 aromatic carbocycles. The summed E-state index contributed by atoms with van der Waals surface area (Å²) in [6.45, 7) is 3.12. The maximum absolute atomic E-state index is 12.7. The van der Waals surface area contributed by atoms with Crippen molar-refractivity contribution in [2.45, 2.75) is 18.7 Å². The largest absolute Gasteiger partial charge is 0.378 e. The van der Waals surface area contributed by atoms with Gasteiger partial charge in [-0.1, -0.05) is 29.8 Å². The number of aryl methyl sites for hydroxylation is 1. The molecule has 0 saturated carbocycles. The molecule has 0 radical (unpaired) electrons. The number of nitriles is 1. The van der Waals surface area contributed by atoms with Crippen molar-refractivity contribution < 1.29 is 22.2 Å². The number of nitrogens with one attached hydrogen (secondary N) is 2. The van der Waals surface area contributed by atoms with Gasteiger partial charge >= 0.3 is 10.1 Å². The zero-order chi connectivity index (χ0) is 26.5. The first-order chi connectivity index (χ1) is 17.0. The summed E-state index contributed by atoms with van der Waals surface area (Å²) in [6.07, 6.45) is 1.35. The number of rotatable bonds is 7. The lowest BCUT2D eigenvalue weighted by molar-refractivity contribution is -0.114. The lowest BCUT2D eigenvalue weighted by atomic mass is 10.1. The molecule has 0 spiro atoms. The van der Waals surface area contributed by atoms with Crippen LogP contribution in [0.15, 0.2) is 75.6 Å². The highest BCUT2D eigenvalue weighted by Gasteiger charge is 2.19. The molecule has 0 saturated heterocycles. The van der Waals surface area contributed by atoms with Crippen molar-refractivity contribution in [2.75, 3.05) is 10.6 Å². The van der Waals surface area contributed by atoms with Crippen LogP contribution in [0, 0.1) is 18.3 Å². The molecule has 0 aromatic heterocycles. The van der Waals surface area contributed by atoms with Crippen molar-refractivity contribution >= 4 is 66.9 Å². The summed E-state index contributed by atoms with van der Waals surface area (Å²) in [4.78, 5) is 23.7. The van der Waals surface area contributed by atoms with Crippen molar-refractivity contribution in [3.63, 3.8) is 0 Å². The summed E-state index contributed by atoms with van der Waals surface area (Å²) in [5.74, 6) is -0.917. The van der Waals surface area contributed by atoms with E-state index in [4.69, 9.17) is 15.8 Å². The van der Waals surface area contributed by atoms with Crippen LogP contribution >= 0.6 is 27.5 Å². The molecule has 184 valence electrons. The molecular weight excluding hydrogens is 570 g/mol. The summed E-state index contributed by atoms with van der Waals surface area (Å²) in [5.41, 5.74) is 1.87. The smallest absolute Gasteiger partial charge is 0.339 e. The van der Waals surface area contributed by atoms with Gasteiger partial charge in [-0.3, -0.25) is 9.59 Å². The van der Waals surface area contributed by atoms with Gasteiger partial charge in [0.05, 0.1) is 15.2 Å². The third kappa shape index (κ3) is 6.73. The molecule has 36 heavy (non-hydrogen) atoms. The average molecular weight is 589 g/mol. The first kappa shape index (κ1) is 26.9. The summed E-state index contributed by atoms with van der Waals surface area (Å²) in [6, 6.07) is 16.9. The van der Waals surface area contributed by atoms with Gasteiger partial charge in [0.1, 0.15) is 16.5 Å². The standard InChI is InChI=1S/C25H19BrClN3O5S/c1-15-4-3-5-22(27)24(15)30-25(32)18(14-28)12-17-6-11-23(21(26)13-17)35-36(33,34)20-9-7-19(8-10-20)29-16(2)31/h3-13H,1-2H3,(H,29,31)(H,30,32)/b18-12+. The Labute approximate surface area is 221 Å². The monoisotopic (exact) mass is 587 g/mol. The zero-order valence-electron chi connectivity index (χ0n) is 19.0. The first-order valence-corrected chi connectivity index (χ1v) is 12.9. The van der Waals surface area contributed by atoms with Crippen LogP contribution in [-0.4, -0.2) is 20.2 Å². The fourth-order valence-corrected chi connectivity index (χ4v) is 4.84. The van der Waals surface area contributed by atoms with Gasteiger partial charge in [0, 0.05) is 12.6 Å². The van der Waals surface area contributed by atoms with E-state index in [1.807, 2.05) is 6.07 Å². The fourth-order valence-electron chi connectivity index (χ4n) is 3.04. The van der Waals surface area contributed by atoms with Crippen LogP contribution in [-0.2, 0) is 19.7 Å². The zero-order valence-corrected chi connectivity index (χ0v) is 22.2. The molecule has 2 amide bonds. The molecule has 0 bridgehead atoms. The minimum atomic E-state index is -4.16. The number of amides is 2. The third-order valence-electron chi connectivity index (χ3n) is 4.76. The van der Waals surface area contributed by atoms with E-state index in [9.17, 15) is 23.3 Å². The Balaban J connectivity index is 1.79. The first-order valence-electron chi connectivity index (χ1n) is 10.3. The number of carbonyl (C=O) groups excluding carboxylic acids is 2. The molecule has 0 aliphatic heterocycles. The highest BCUT2D eigenvalue weighted by atomic mass is 79.9. The van der Waals surface area contributed by atoms with Gasteiger partial charge in [0.25, 0.3) is 5.91 Å². The molecule has 3 rings (SSSR count). The van der Waals surface area contributed by atoms with E-state index >= 15 is 0 Å². The minimum absolute atomic E-state index is 0.00717. The van der Waals surface area contributed by atoms with Crippen molar-refractivity contribution in [1.29, 1.82) is 5.26 Å². The van der Waals surface area contributed by atoms with Gasteiger partial charge in [-0.05, 0) is 82.5 Å². The number of halogens is 2. The van der Waals surface area contributed by atoms with Crippen LogP contribution in [0.25, 0.3) is 6.08 Å². The van der Waals surface area contributed by atoms with Gasteiger partial charge in [0.2, 0.25) is 5.91 Å². The highest BCUT2D eigenvalue weighted by Crippen LogP contribution is 2.30. The van der Waals surface area contributed by atoms with Crippen LogP contribution in [0.3, 0.4) is 0 Å². The molecular formula is C25H19BrClN3O5S. The average Bonchev–Trinajstić information content (AvgIpc) is 2.81. The molecule has 0 fully saturated rings. The van der Waals surface area contributed by atoms with Gasteiger partial charge < -0.3 is 14.8 Å². The van der Waals surface area contributed by atoms with Gasteiger partial charge in [-0.25, -0.2) is 0 Å². The van der Waals surface area contributed by atoms with E-state index in [0.717, 1.165) is 5.56 Å². The Morgan fingerprint density at radius 3 is 2.36 bits per heavy atom. The number of carbonyl (C=O) groups is 2. The van der Waals surface area contributed by atoms with Crippen molar-refractivity contribution in [3.8, 4) is 11.8 Å². The van der Waals surface area contributed by atoms with Crippen LogP contribution in [0.4, 0.5) is 11.4 Å². The maximum Gasteiger partial charge on any atom is 0.339 e. The van der Waals surface area contributed by atoms with Crippen LogP contribution in [0.2, 0.25) is 5.02 Å². The molecule has 0 atom stereocenters. The molecule has 2 N–H and O–H groups in total. The van der Waals surface area contributed by atoms with E-state index in [-0.39, 0.29) is 26.6 Å².